The van der Waals surface area contributed by atoms with E-state index >= 15 is 0 Å². The molecule has 3 heterocycles. The highest BCUT2D eigenvalue weighted by molar-refractivity contribution is 6.00. The second-order valence-electron chi connectivity index (χ2n) is 5.98. The quantitative estimate of drug-likeness (QED) is 0.862. The molecule has 2 saturated heterocycles. The van der Waals surface area contributed by atoms with E-state index in [1.54, 1.807) is 22.2 Å². The van der Waals surface area contributed by atoms with E-state index in [-0.39, 0.29) is 24.8 Å². The number of rotatable bonds is 3. The summed E-state index contributed by atoms with van der Waals surface area (Å²) in [6, 6.07) is 0. The van der Waals surface area contributed by atoms with Crippen LogP contribution >= 0.6 is 0 Å². The van der Waals surface area contributed by atoms with Gasteiger partial charge in [0.05, 0.1) is 30.1 Å². The van der Waals surface area contributed by atoms with E-state index in [2.05, 4.69) is 9.97 Å². The average molecular weight is 304 g/mol. The molecule has 7 heteroatoms. The van der Waals surface area contributed by atoms with Crippen LogP contribution in [0.3, 0.4) is 0 Å². The van der Waals surface area contributed by atoms with Gasteiger partial charge in [0.2, 0.25) is 11.8 Å². The van der Waals surface area contributed by atoms with E-state index in [0.29, 0.717) is 25.3 Å². The van der Waals surface area contributed by atoms with Crippen molar-refractivity contribution in [3.8, 4) is 0 Å². The maximum atomic E-state index is 12.9. The summed E-state index contributed by atoms with van der Waals surface area (Å²) < 4.78 is 0. The Kier molecular flexibility index (Phi) is 4.06. The highest BCUT2D eigenvalue weighted by Crippen LogP contribution is 2.41. The van der Waals surface area contributed by atoms with Crippen LogP contribution in [0.2, 0.25) is 0 Å². The second-order valence-corrected chi connectivity index (χ2v) is 5.98. The molecular weight excluding hydrogens is 284 g/mol. The highest BCUT2D eigenvalue weighted by atomic mass is 16.3. The van der Waals surface area contributed by atoms with Crippen molar-refractivity contribution < 1.29 is 14.7 Å². The third-order valence-corrected chi connectivity index (χ3v) is 4.63. The van der Waals surface area contributed by atoms with Gasteiger partial charge >= 0.3 is 0 Å². The third kappa shape index (κ3) is 2.56. The lowest BCUT2D eigenvalue weighted by Crippen LogP contribution is -2.50. The van der Waals surface area contributed by atoms with E-state index in [4.69, 9.17) is 5.11 Å². The summed E-state index contributed by atoms with van der Waals surface area (Å²) >= 11 is 0. The van der Waals surface area contributed by atoms with Gasteiger partial charge < -0.3 is 14.9 Å². The lowest BCUT2D eigenvalue weighted by atomic mass is 9.78. The van der Waals surface area contributed by atoms with Gasteiger partial charge in [-0.2, -0.15) is 0 Å². The molecule has 2 aliphatic rings. The van der Waals surface area contributed by atoms with Crippen LogP contribution in [0.25, 0.3) is 0 Å². The van der Waals surface area contributed by atoms with Gasteiger partial charge in [-0.15, -0.1) is 0 Å². The number of aliphatic hydroxyl groups is 1. The molecule has 3 rings (SSSR count). The number of hydrogen-bond donors (Lipinski definition) is 1. The SMILES string of the molecule is O=C(CCO)N1CCCC2(CCN(c3cncnc3)C2=O)C1. The standard InChI is InChI=1S/C15H20N4O3/c20-7-2-13(21)18-5-1-3-15(10-18)4-6-19(14(15)22)12-8-16-11-17-9-12/h8-9,11,20H,1-7,10H2. The second kappa shape index (κ2) is 6.00. The van der Waals surface area contributed by atoms with E-state index in [1.165, 1.54) is 6.33 Å². The van der Waals surface area contributed by atoms with Crippen molar-refractivity contribution in [2.45, 2.75) is 25.7 Å². The normalized spacial score (nSPS) is 25.0. The van der Waals surface area contributed by atoms with Gasteiger partial charge in [-0.1, -0.05) is 0 Å². The lowest BCUT2D eigenvalue weighted by Gasteiger charge is -2.39. The fourth-order valence-electron chi connectivity index (χ4n) is 3.47. The molecule has 1 atom stereocenters. The summed E-state index contributed by atoms with van der Waals surface area (Å²) in [5, 5.41) is 8.93. The number of aliphatic hydroxyl groups excluding tert-OH is 1. The maximum Gasteiger partial charge on any atom is 0.235 e. The number of amides is 2. The minimum atomic E-state index is -0.487. The molecule has 2 fully saturated rings. The molecule has 0 aromatic carbocycles. The van der Waals surface area contributed by atoms with Gasteiger partial charge in [0.1, 0.15) is 6.33 Å². The molecule has 118 valence electrons. The number of likely N-dealkylation sites (tertiary alicyclic amines) is 1. The molecule has 1 aromatic rings. The van der Waals surface area contributed by atoms with Crippen molar-refractivity contribution in [3.05, 3.63) is 18.7 Å². The smallest absolute Gasteiger partial charge is 0.235 e. The molecule has 2 amide bonds. The number of nitrogens with zero attached hydrogens (tertiary/aromatic N) is 4. The van der Waals surface area contributed by atoms with Crippen LogP contribution in [0, 0.1) is 5.41 Å². The van der Waals surface area contributed by atoms with Gasteiger partial charge in [0.15, 0.2) is 0 Å². The Bertz CT molecular complexity index is 565. The minimum absolute atomic E-state index is 0.0591. The minimum Gasteiger partial charge on any atom is -0.396 e. The van der Waals surface area contributed by atoms with Crippen molar-refractivity contribution in [2.24, 2.45) is 5.41 Å². The van der Waals surface area contributed by atoms with Gasteiger partial charge in [-0.05, 0) is 19.3 Å². The number of piperidine rings is 1. The molecule has 1 N–H and O–H groups in total. The maximum absolute atomic E-state index is 12.9. The summed E-state index contributed by atoms with van der Waals surface area (Å²) in [4.78, 5) is 36.3. The van der Waals surface area contributed by atoms with Gasteiger partial charge in [0, 0.05) is 26.1 Å². The topological polar surface area (TPSA) is 86.6 Å². The Hall–Kier alpha value is -2.02. The van der Waals surface area contributed by atoms with Crippen LogP contribution in [0.5, 0.6) is 0 Å². The van der Waals surface area contributed by atoms with Crippen molar-refractivity contribution in [2.75, 3.05) is 31.1 Å². The zero-order valence-electron chi connectivity index (χ0n) is 12.4. The first-order chi connectivity index (χ1) is 10.7. The largest absolute Gasteiger partial charge is 0.396 e. The van der Waals surface area contributed by atoms with Gasteiger partial charge in [0.25, 0.3) is 0 Å². The average Bonchev–Trinajstić information content (AvgIpc) is 2.85. The summed E-state index contributed by atoms with van der Waals surface area (Å²) in [7, 11) is 0. The summed E-state index contributed by atoms with van der Waals surface area (Å²) in [6.45, 7) is 1.61. The number of carbonyl (C=O) groups is 2. The van der Waals surface area contributed by atoms with Crippen LogP contribution in [-0.4, -0.2) is 58.0 Å². The molecule has 1 spiro atoms. The van der Waals surface area contributed by atoms with Crippen molar-refractivity contribution in [1.82, 2.24) is 14.9 Å². The Morgan fingerprint density at radius 2 is 2.05 bits per heavy atom. The van der Waals surface area contributed by atoms with Crippen LogP contribution < -0.4 is 4.90 Å². The van der Waals surface area contributed by atoms with E-state index in [1.807, 2.05) is 0 Å². The molecular formula is C15H20N4O3. The predicted octanol–water partition coefficient (Wildman–Crippen LogP) is 0.204. The summed E-state index contributed by atoms with van der Waals surface area (Å²) in [5.74, 6) is -0.0142. The van der Waals surface area contributed by atoms with Crippen molar-refractivity contribution >= 4 is 17.5 Å². The van der Waals surface area contributed by atoms with Gasteiger partial charge in [-0.25, -0.2) is 9.97 Å². The van der Waals surface area contributed by atoms with Crippen molar-refractivity contribution in [1.29, 1.82) is 0 Å². The van der Waals surface area contributed by atoms with Crippen LogP contribution in [0.4, 0.5) is 5.69 Å². The molecule has 2 aliphatic heterocycles. The first-order valence-corrected chi connectivity index (χ1v) is 7.62. The monoisotopic (exact) mass is 304 g/mol. The highest BCUT2D eigenvalue weighted by Gasteiger charge is 2.49. The molecule has 0 radical (unpaired) electrons. The first kappa shape index (κ1) is 14.9. The van der Waals surface area contributed by atoms with Gasteiger partial charge in [-0.3, -0.25) is 9.59 Å². The number of carbonyl (C=O) groups excluding carboxylic acids is 2. The third-order valence-electron chi connectivity index (χ3n) is 4.63. The zero-order chi connectivity index (χ0) is 15.6. The number of aromatic nitrogens is 2. The summed E-state index contributed by atoms with van der Waals surface area (Å²) in [6.07, 6.45) is 7.21. The fourth-order valence-corrected chi connectivity index (χ4v) is 3.47. The molecule has 0 saturated carbocycles. The molecule has 1 unspecified atom stereocenters. The van der Waals surface area contributed by atoms with Crippen LogP contribution in [0.1, 0.15) is 25.7 Å². The first-order valence-electron chi connectivity index (χ1n) is 7.62. The predicted molar refractivity (Wildman–Crippen MR) is 79.0 cm³/mol. The van der Waals surface area contributed by atoms with Crippen LogP contribution in [0.15, 0.2) is 18.7 Å². The Morgan fingerprint density at radius 3 is 2.77 bits per heavy atom. The van der Waals surface area contributed by atoms with Crippen LogP contribution in [-0.2, 0) is 9.59 Å². The molecule has 7 nitrogen and oxygen atoms in total. The molecule has 22 heavy (non-hydrogen) atoms. The molecule has 0 aliphatic carbocycles. The number of anilines is 1. The molecule has 1 aromatic heterocycles. The van der Waals surface area contributed by atoms with E-state index in [0.717, 1.165) is 19.3 Å². The zero-order valence-corrected chi connectivity index (χ0v) is 12.4. The Morgan fingerprint density at radius 1 is 1.27 bits per heavy atom. The van der Waals surface area contributed by atoms with Crippen molar-refractivity contribution in [3.63, 3.8) is 0 Å². The molecule has 0 bridgehead atoms. The summed E-state index contributed by atoms with van der Waals surface area (Å²) in [5.41, 5.74) is 0.224. The van der Waals surface area contributed by atoms with E-state index in [9.17, 15) is 9.59 Å². The van der Waals surface area contributed by atoms with E-state index < -0.39 is 5.41 Å². The Balaban J connectivity index is 1.77. The number of hydrogen-bond acceptors (Lipinski definition) is 5. The Labute approximate surface area is 129 Å². The fraction of sp³-hybridized carbons (Fsp3) is 0.600. The lowest BCUT2D eigenvalue weighted by molar-refractivity contribution is -0.139.